The van der Waals surface area contributed by atoms with Crippen molar-refractivity contribution in [3.8, 4) is 0 Å². The third-order valence-electron chi connectivity index (χ3n) is 4.11. The van der Waals surface area contributed by atoms with Crippen LogP contribution in [0.5, 0.6) is 0 Å². The predicted octanol–water partition coefficient (Wildman–Crippen LogP) is 2.40. The van der Waals surface area contributed by atoms with Gasteiger partial charge in [-0.05, 0) is 30.5 Å². The molecule has 1 aromatic rings. The fourth-order valence-corrected chi connectivity index (χ4v) is 3.39. The molecule has 1 saturated carbocycles. The first-order valence-electron chi connectivity index (χ1n) is 7.51. The van der Waals surface area contributed by atoms with E-state index in [2.05, 4.69) is 38.7 Å². The molecule has 1 amide bonds. The van der Waals surface area contributed by atoms with Gasteiger partial charge in [-0.25, -0.2) is 0 Å². The van der Waals surface area contributed by atoms with E-state index < -0.39 is 5.97 Å². The van der Waals surface area contributed by atoms with Gasteiger partial charge in [0.25, 0.3) is 0 Å². The molecule has 0 spiro atoms. The highest BCUT2D eigenvalue weighted by molar-refractivity contribution is 9.10. The lowest BCUT2D eigenvalue weighted by Crippen LogP contribution is -2.48. The zero-order valence-electron chi connectivity index (χ0n) is 12.4. The minimum absolute atomic E-state index is 0.125. The number of carboxylic acids is 1. The molecule has 0 aromatic heterocycles. The number of halogens is 1. The number of aliphatic carboxylic acids is 1. The Morgan fingerprint density at radius 1 is 1.18 bits per heavy atom. The molecule has 2 rings (SSSR count). The van der Waals surface area contributed by atoms with Crippen molar-refractivity contribution in [2.45, 2.75) is 37.6 Å². The van der Waals surface area contributed by atoms with Crippen LogP contribution in [-0.4, -0.2) is 30.1 Å². The van der Waals surface area contributed by atoms with Gasteiger partial charge in [0.05, 0.1) is 6.54 Å². The Morgan fingerprint density at radius 2 is 1.91 bits per heavy atom. The fourth-order valence-electron chi connectivity index (χ4n) is 3.00. The lowest BCUT2D eigenvalue weighted by Gasteiger charge is -2.39. The largest absolute Gasteiger partial charge is 0.480 e. The van der Waals surface area contributed by atoms with Gasteiger partial charge in [-0.3, -0.25) is 14.9 Å². The molecule has 0 bridgehead atoms. The van der Waals surface area contributed by atoms with E-state index >= 15 is 0 Å². The number of amides is 1. The van der Waals surface area contributed by atoms with Crippen molar-refractivity contribution in [1.82, 2.24) is 10.6 Å². The number of carbonyl (C=O) groups excluding carboxylic acids is 1. The lowest BCUT2D eigenvalue weighted by molar-refractivity contribution is -0.137. The van der Waals surface area contributed by atoms with E-state index in [0.717, 1.165) is 30.2 Å². The molecule has 0 saturated heterocycles. The minimum atomic E-state index is -1.03. The number of nitrogens with one attached hydrogen (secondary N) is 2. The first kappa shape index (κ1) is 17.0. The lowest BCUT2D eigenvalue weighted by atomic mass is 9.76. The van der Waals surface area contributed by atoms with Crippen LogP contribution in [0.4, 0.5) is 0 Å². The highest BCUT2D eigenvalue weighted by atomic mass is 79.9. The van der Waals surface area contributed by atoms with Gasteiger partial charge in [0, 0.05) is 10.0 Å². The third kappa shape index (κ3) is 4.55. The van der Waals surface area contributed by atoms with Gasteiger partial charge in [-0.15, -0.1) is 0 Å². The number of hydrogen-bond donors (Lipinski definition) is 3. The van der Waals surface area contributed by atoms with Crippen LogP contribution in [0.1, 0.15) is 37.7 Å². The van der Waals surface area contributed by atoms with E-state index in [1.54, 1.807) is 0 Å². The summed E-state index contributed by atoms with van der Waals surface area (Å²) in [7, 11) is 0. The smallest absolute Gasteiger partial charge is 0.322 e. The second kappa shape index (κ2) is 7.74. The van der Waals surface area contributed by atoms with Crippen LogP contribution in [0.15, 0.2) is 28.7 Å². The third-order valence-corrected chi connectivity index (χ3v) is 4.60. The van der Waals surface area contributed by atoms with Crippen LogP contribution in [0.2, 0.25) is 0 Å². The molecule has 1 aromatic carbocycles. The second-order valence-electron chi connectivity index (χ2n) is 5.68. The van der Waals surface area contributed by atoms with E-state index in [1.807, 2.05) is 12.1 Å². The molecule has 0 heterocycles. The molecule has 1 aliphatic rings. The maximum atomic E-state index is 11.8. The van der Waals surface area contributed by atoms with Crippen LogP contribution in [0.3, 0.4) is 0 Å². The molecule has 0 atom stereocenters. The monoisotopic (exact) mass is 368 g/mol. The molecule has 6 heteroatoms. The summed E-state index contributed by atoms with van der Waals surface area (Å²) in [4.78, 5) is 22.3. The standard InChI is InChI=1S/C16H21BrN2O3/c17-13-6-4-5-12(9-13)16(7-2-1-3-8-16)19-10-14(20)18-11-15(21)22/h4-6,9,19H,1-3,7-8,10-11H2,(H,18,20)(H,21,22). The molecular formula is C16H21BrN2O3. The average Bonchev–Trinajstić information content (AvgIpc) is 2.52. The summed E-state index contributed by atoms with van der Waals surface area (Å²) in [5.74, 6) is -1.32. The maximum absolute atomic E-state index is 11.8. The van der Waals surface area contributed by atoms with E-state index in [-0.39, 0.29) is 24.5 Å². The van der Waals surface area contributed by atoms with Crippen LogP contribution in [-0.2, 0) is 15.1 Å². The predicted molar refractivity (Wildman–Crippen MR) is 87.6 cm³/mol. The van der Waals surface area contributed by atoms with E-state index in [4.69, 9.17) is 5.11 Å². The van der Waals surface area contributed by atoms with Crippen molar-refractivity contribution in [3.05, 3.63) is 34.3 Å². The van der Waals surface area contributed by atoms with Crippen molar-refractivity contribution >= 4 is 27.8 Å². The second-order valence-corrected chi connectivity index (χ2v) is 6.59. The molecule has 3 N–H and O–H groups in total. The highest BCUT2D eigenvalue weighted by Crippen LogP contribution is 2.37. The first-order valence-corrected chi connectivity index (χ1v) is 8.31. The van der Waals surface area contributed by atoms with Gasteiger partial charge >= 0.3 is 5.97 Å². The SMILES string of the molecule is O=C(O)CNC(=O)CNC1(c2cccc(Br)c2)CCCCC1. The van der Waals surface area contributed by atoms with Gasteiger partial charge in [0.1, 0.15) is 6.54 Å². The number of hydrogen-bond acceptors (Lipinski definition) is 3. The van der Waals surface area contributed by atoms with Crippen LogP contribution in [0, 0.1) is 0 Å². The summed E-state index contributed by atoms with van der Waals surface area (Å²) in [5, 5.41) is 14.4. The highest BCUT2D eigenvalue weighted by Gasteiger charge is 2.33. The number of carboxylic acid groups (broad SMARTS) is 1. The maximum Gasteiger partial charge on any atom is 0.322 e. The van der Waals surface area contributed by atoms with Gasteiger partial charge in [-0.1, -0.05) is 47.3 Å². The summed E-state index contributed by atoms with van der Waals surface area (Å²) in [6.45, 7) is -0.218. The average molecular weight is 369 g/mol. The number of benzene rings is 1. The Labute approximate surface area is 138 Å². The van der Waals surface area contributed by atoms with E-state index in [1.165, 1.54) is 12.0 Å². The number of rotatable bonds is 6. The molecule has 0 radical (unpaired) electrons. The van der Waals surface area contributed by atoms with Gasteiger partial charge in [-0.2, -0.15) is 0 Å². The Hall–Kier alpha value is -1.40. The van der Waals surface area contributed by atoms with E-state index in [0.29, 0.717) is 0 Å². The molecule has 120 valence electrons. The van der Waals surface area contributed by atoms with Crippen LogP contribution in [0.25, 0.3) is 0 Å². The summed E-state index contributed by atoms with van der Waals surface area (Å²) in [6, 6.07) is 8.16. The Kier molecular flexibility index (Phi) is 5.97. The topological polar surface area (TPSA) is 78.4 Å². The summed E-state index contributed by atoms with van der Waals surface area (Å²) >= 11 is 3.50. The van der Waals surface area contributed by atoms with Crippen molar-refractivity contribution in [2.24, 2.45) is 0 Å². The molecule has 22 heavy (non-hydrogen) atoms. The molecule has 0 unspecified atom stereocenters. The Morgan fingerprint density at radius 3 is 2.55 bits per heavy atom. The van der Waals surface area contributed by atoms with Crippen molar-refractivity contribution < 1.29 is 14.7 Å². The van der Waals surface area contributed by atoms with E-state index in [9.17, 15) is 9.59 Å². The normalized spacial score (nSPS) is 17.0. The van der Waals surface area contributed by atoms with Crippen LogP contribution < -0.4 is 10.6 Å². The van der Waals surface area contributed by atoms with Crippen molar-refractivity contribution in [1.29, 1.82) is 0 Å². The molecular weight excluding hydrogens is 348 g/mol. The van der Waals surface area contributed by atoms with Gasteiger partial charge in [0.2, 0.25) is 5.91 Å². The molecule has 0 aliphatic heterocycles. The zero-order valence-corrected chi connectivity index (χ0v) is 14.0. The summed E-state index contributed by atoms with van der Waals surface area (Å²) in [5.41, 5.74) is 0.968. The fraction of sp³-hybridized carbons (Fsp3) is 0.500. The van der Waals surface area contributed by atoms with Crippen molar-refractivity contribution in [3.63, 3.8) is 0 Å². The van der Waals surface area contributed by atoms with Gasteiger partial charge < -0.3 is 10.4 Å². The minimum Gasteiger partial charge on any atom is -0.480 e. The summed E-state index contributed by atoms with van der Waals surface area (Å²) < 4.78 is 1.02. The van der Waals surface area contributed by atoms with Gasteiger partial charge in [0.15, 0.2) is 0 Å². The van der Waals surface area contributed by atoms with Crippen LogP contribution >= 0.6 is 15.9 Å². The molecule has 5 nitrogen and oxygen atoms in total. The first-order chi connectivity index (χ1) is 10.5. The molecule has 1 aliphatic carbocycles. The molecule has 1 fully saturated rings. The summed E-state index contributed by atoms with van der Waals surface area (Å²) in [6.07, 6.45) is 5.42. The quantitative estimate of drug-likeness (QED) is 0.720. The number of carbonyl (C=O) groups is 2. The zero-order chi connectivity index (χ0) is 16.0. The van der Waals surface area contributed by atoms with Crippen molar-refractivity contribution in [2.75, 3.05) is 13.1 Å². The Bertz CT molecular complexity index is 542. The Balaban J connectivity index is 2.06.